The Labute approximate surface area is 119 Å². The van der Waals surface area contributed by atoms with E-state index in [4.69, 9.17) is 0 Å². The van der Waals surface area contributed by atoms with E-state index < -0.39 is 17.5 Å². The van der Waals surface area contributed by atoms with Gasteiger partial charge in [-0.2, -0.15) is 0 Å². The molecule has 0 aliphatic carbocycles. The summed E-state index contributed by atoms with van der Waals surface area (Å²) in [6.07, 6.45) is 3.38. The number of aromatic nitrogens is 1. The van der Waals surface area contributed by atoms with Crippen LogP contribution in [0.15, 0.2) is 48.8 Å². The number of benzene rings is 2. The first-order chi connectivity index (χ1) is 10.1. The molecule has 0 radical (unpaired) electrons. The van der Waals surface area contributed by atoms with Gasteiger partial charge in [-0.15, -0.1) is 0 Å². The molecule has 3 rings (SSSR count). The van der Waals surface area contributed by atoms with Crippen LogP contribution in [0.25, 0.3) is 10.8 Å². The van der Waals surface area contributed by atoms with Crippen molar-refractivity contribution in [2.75, 3.05) is 5.32 Å². The van der Waals surface area contributed by atoms with Crippen LogP contribution in [-0.2, 0) is 6.54 Å². The molecule has 2 nitrogen and oxygen atoms in total. The summed E-state index contributed by atoms with van der Waals surface area (Å²) in [7, 11) is 0. The van der Waals surface area contributed by atoms with E-state index in [0.717, 1.165) is 22.5 Å². The molecular formula is C16H11F3N2. The molecule has 0 aliphatic heterocycles. The predicted molar refractivity (Wildman–Crippen MR) is 75.4 cm³/mol. The van der Waals surface area contributed by atoms with E-state index in [9.17, 15) is 13.2 Å². The Bertz CT molecular complexity index is 797. The maximum atomic E-state index is 13.6. The largest absolute Gasteiger partial charge is 0.380 e. The van der Waals surface area contributed by atoms with E-state index in [0.29, 0.717) is 6.07 Å². The third-order valence-electron chi connectivity index (χ3n) is 3.24. The number of hydrogen-bond acceptors (Lipinski definition) is 2. The fourth-order valence-electron chi connectivity index (χ4n) is 2.16. The van der Waals surface area contributed by atoms with Gasteiger partial charge >= 0.3 is 0 Å². The van der Waals surface area contributed by atoms with Gasteiger partial charge in [0.15, 0.2) is 11.6 Å². The molecule has 106 valence electrons. The second-order valence-electron chi connectivity index (χ2n) is 4.61. The normalized spacial score (nSPS) is 10.8. The van der Waals surface area contributed by atoms with Crippen LogP contribution in [0.4, 0.5) is 18.9 Å². The van der Waals surface area contributed by atoms with E-state index in [-0.39, 0.29) is 12.1 Å². The summed E-state index contributed by atoms with van der Waals surface area (Å²) >= 11 is 0. The minimum Gasteiger partial charge on any atom is -0.380 e. The van der Waals surface area contributed by atoms with Crippen molar-refractivity contribution in [1.29, 1.82) is 0 Å². The van der Waals surface area contributed by atoms with Crippen molar-refractivity contribution in [2.45, 2.75) is 6.54 Å². The van der Waals surface area contributed by atoms with Crippen molar-refractivity contribution < 1.29 is 13.2 Å². The lowest BCUT2D eigenvalue weighted by Gasteiger charge is -2.10. The Morgan fingerprint density at radius 3 is 2.62 bits per heavy atom. The maximum absolute atomic E-state index is 13.6. The monoisotopic (exact) mass is 288 g/mol. The van der Waals surface area contributed by atoms with Crippen LogP contribution in [0, 0.1) is 17.5 Å². The molecule has 0 saturated heterocycles. The van der Waals surface area contributed by atoms with E-state index >= 15 is 0 Å². The Morgan fingerprint density at radius 1 is 0.952 bits per heavy atom. The van der Waals surface area contributed by atoms with Crippen molar-refractivity contribution in [1.82, 2.24) is 4.98 Å². The van der Waals surface area contributed by atoms with Crippen LogP contribution < -0.4 is 5.32 Å². The molecule has 0 saturated carbocycles. The number of halogens is 3. The number of rotatable bonds is 3. The van der Waals surface area contributed by atoms with Crippen LogP contribution >= 0.6 is 0 Å². The van der Waals surface area contributed by atoms with Gasteiger partial charge in [0.1, 0.15) is 5.82 Å². The minimum atomic E-state index is -1.19. The number of pyridine rings is 1. The predicted octanol–water partition coefficient (Wildman–Crippen LogP) is 4.26. The van der Waals surface area contributed by atoms with E-state index in [1.165, 1.54) is 0 Å². The molecule has 0 fully saturated rings. The zero-order valence-corrected chi connectivity index (χ0v) is 10.9. The molecule has 1 aromatic heterocycles. The Hall–Kier alpha value is -2.56. The van der Waals surface area contributed by atoms with Crippen molar-refractivity contribution in [3.63, 3.8) is 0 Å². The summed E-state index contributed by atoms with van der Waals surface area (Å²) < 4.78 is 39.6. The van der Waals surface area contributed by atoms with Crippen molar-refractivity contribution in [3.8, 4) is 0 Å². The Kier molecular flexibility index (Phi) is 3.48. The summed E-state index contributed by atoms with van der Waals surface area (Å²) in [5.74, 6) is -3.03. The summed E-state index contributed by atoms with van der Waals surface area (Å²) in [6.45, 7) is 0.0526. The van der Waals surface area contributed by atoms with Gasteiger partial charge < -0.3 is 5.32 Å². The first kappa shape index (κ1) is 13.4. The fraction of sp³-hybridized carbons (Fsp3) is 0.0625. The standard InChI is InChI=1S/C16H11F3N2/c17-13-7-15(19)14(18)6-11(13)8-21-16-3-1-2-10-4-5-20-9-12(10)16/h1-7,9,21H,8H2. The fourth-order valence-corrected chi connectivity index (χ4v) is 2.16. The molecule has 1 N–H and O–H groups in total. The molecular weight excluding hydrogens is 277 g/mol. The van der Waals surface area contributed by atoms with Gasteiger partial charge in [0.05, 0.1) is 0 Å². The van der Waals surface area contributed by atoms with Gasteiger partial charge in [-0.25, -0.2) is 13.2 Å². The molecule has 2 aromatic carbocycles. The topological polar surface area (TPSA) is 24.9 Å². The third-order valence-corrected chi connectivity index (χ3v) is 3.24. The highest BCUT2D eigenvalue weighted by Gasteiger charge is 2.10. The second-order valence-corrected chi connectivity index (χ2v) is 4.61. The average molecular weight is 288 g/mol. The van der Waals surface area contributed by atoms with Crippen LogP contribution in [0.1, 0.15) is 5.56 Å². The molecule has 1 heterocycles. The lowest BCUT2D eigenvalue weighted by atomic mass is 10.1. The number of hydrogen-bond donors (Lipinski definition) is 1. The van der Waals surface area contributed by atoms with E-state index in [2.05, 4.69) is 10.3 Å². The van der Waals surface area contributed by atoms with Gasteiger partial charge in [-0.05, 0) is 23.6 Å². The lowest BCUT2D eigenvalue weighted by molar-refractivity contribution is 0.490. The zero-order valence-electron chi connectivity index (χ0n) is 10.9. The first-order valence-electron chi connectivity index (χ1n) is 6.35. The molecule has 21 heavy (non-hydrogen) atoms. The van der Waals surface area contributed by atoms with Gasteiger partial charge in [-0.1, -0.05) is 12.1 Å². The molecule has 3 aromatic rings. The highest BCUT2D eigenvalue weighted by atomic mass is 19.2. The molecule has 0 unspecified atom stereocenters. The molecule has 0 spiro atoms. The molecule has 0 bridgehead atoms. The number of anilines is 1. The minimum absolute atomic E-state index is 0.0526. The summed E-state index contributed by atoms with van der Waals surface area (Å²) in [5, 5.41) is 4.89. The van der Waals surface area contributed by atoms with Crippen LogP contribution in [0.3, 0.4) is 0 Å². The van der Waals surface area contributed by atoms with Crippen molar-refractivity contribution >= 4 is 16.5 Å². The summed E-state index contributed by atoms with van der Waals surface area (Å²) in [4.78, 5) is 4.05. The third kappa shape index (κ3) is 2.67. The summed E-state index contributed by atoms with van der Waals surface area (Å²) in [6, 6.07) is 8.88. The van der Waals surface area contributed by atoms with Crippen molar-refractivity contribution in [2.24, 2.45) is 0 Å². The van der Waals surface area contributed by atoms with E-state index in [1.54, 1.807) is 12.4 Å². The maximum Gasteiger partial charge on any atom is 0.161 e. The Morgan fingerprint density at radius 2 is 1.76 bits per heavy atom. The SMILES string of the molecule is Fc1cc(F)c(CNc2cccc3ccncc23)cc1F. The first-order valence-corrected chi connectivity index (χ1v) is 6.35. The van der Waals surface area contributed by atoms with Gasteiger partial charge in [0.2, 0.25) is 0 Å². The zero-order chi connectivity index (χ0) is 14.8. The van der Waals surface area contributed by atoms with Gasteiger partial charge in [0.25, 0.3) is 0 Å². The molecule has 0 atom stereocenters. The highest BCUT2D eigenvalue weighted by molar-refractivity contribution is 5.93. The average Bonchev–Trinajstić information content (AvgIpc) is 2.49. The van der Waals surface area contributed by atoms with Crippen LogP contribution in [0.5, 0.6) is 0 Å². The quantitative estimate of drug-likeness (QED) is 0.728. The summed E-state index contributed by atoms with van der Waals surface area (Å²) in [5.41, 5.74) is 0.819. The molecule has 5 heteroatoms. The number of fused-ring (bicyclic) bond motifs is 1. The number of nitrogens with zero attached hydrogens (tertiary/aromatic N) is 1. The second kappa shape index (κ2) is 5.44. The van der Waals surface area contributed by atoms with Crippen LogP contribution in [0.2, 0.25) is 0 Å². The Balaban J connectivity index is 1.89. The van der Waals surface area contributed by atoms with Crippen molar-refractivity contribution in [3.05, 3.63) is 71.8 Å². The van der Waals surface area contributed by atoms with Gasteiger partial charge in [-0.3, -0.25) is 4.98 Å². The van der Waals surface area contributed by atoms with Crippen LogP contribution in [-0.4, -0.2) is 4.98 Å². The number of nitrogens with one attached hydrogen (secondary N) is 1. The highest BCUT2D eigenvalue weighted by Crippen LogP contribution is 2.23. The smallest absolute Gasteiger partial charge is 0.161 e. The van der Waals surface area contributed by atoms with Gasteiger partial charge in [0, 0.05) is 41.6 Å². The molecule has 0 amide bonds. The lowest BCUT2D eigenvalue weighted by Crippen LogP contribution is -2.04. The van der Waals surface area contributed by atoms with E-state index in [1.807, 2.05) is 24.3 Å². The molecule has 0 aliphatic rings.